The number of anilines is 1. The standard InChI is InChI=1S/C24H19N3OS/c1-26(2)17-13-11-16(12-14-17)15-22-23(28)25-24(29-22)27-20-9-5-3-7-18(20)19-8-4-6-10-21(19)27/h3-15H,1-2H3/b22-15+. The number of nitrogens with zero attached hydrogens (tertiary/aromatic N) is 3. The highest BCUT2D eigenvalue weighted by Crippen LogP contribution is 2.35. The van der Waals surface area contributed by atoms with Gasteiger partial charge in [-0.1, -0.05) is 48.5 Å². The zero-order valence-electron chi connectivity index (χ0n) is 16.2. The molecule has 29 heavy (non-hydrogen) atoms. The van der Waals surface area contributed by atoms with E-state index in [2.05, 4.69) is 38.7 Å². The van der Waals surface area contributed by atoms with Crippen LogP contribution in [0.5, 0.6) is 0 Å². The van der Waals surface area contributed by atoms with Crippen molar-refractivity contribution in [2.24, 2.45) is 4.99 Å². The number of hydrogen-bond donors (Lipinski definition) is 0. The van der Waals surface area contributed by atoms with Gasteiger partial charge in [0.15, 0.2) is 5.17 Å². The van der Waals surface area contributed by atoms with Gasteiger partial charge in [0.25, 0.3) is 5.91 Å². The van der Waals surface area contributed by atoms with E-state index < -0.39 is 0 Å². The predicted molar refractivity (Wildman–Crippen MR) is 124 cm³/mol. The molecule has 0 bridgehead atoms. The van der Waals surface area contributed by atoms with Crippen molar-refractivity contribution in [3.05, 3.63) is 83.3 Å². The molecule has 0 saturated carbocycles. The molecule has 4 nitrogen and oxygen atoms in total. The number of hydrogen-bond acceptors (Lipinski definition) is 3. The maximum absolute atomic E-state index is 12.6. The fraction of sp³-hybridized carbons (Fsp3) is 0.0833. The zero-order chi connectivity index (χ0) is 20.0. The second-order valence-electron chi connectivity index (χ2n) is 7.17. The molecule has 3 aromatic carbocycles. The number of benzene rings is 3. The van der Waals surface area contributed by atoms with Crippen molar-refractivity contribution >= 4 is 56.4 Å². The fourth-order valence-electron chi connectivity index (χ4n) is 3.64. The van der Waals surface area contributed by atoms with Gasteiger partial charge in [0, 0.05) is 30.6 Å². The third-order valence-electron chi connectivity index (χ3n) is 5.09. The molecule has 0 spiro atoms. The van der Waals surface area contributed by atoms with Gasteiger partial charge in [-0.3, -0.25) is 9.36 Å². The smallest absolute Gasteiger partial charge is 0.286 e. The maximum atomic E-state index is 12.6. The van der Waals surface area contributed by atoms with Gasteiger partial charge in [-0.25, -0.2) is 0 Å². The van der Waals surface area contributed by atoms with E-state index in [1.165, 1.54) is 11.8 Å². The summed E-state index contributed by atoms with van der Waals surface area (Å²) < 4.78 is 2.09. The van der Waals surface area contributed by atoms with Crippen molar-refractivity contribution in [3.8, 4) is 0 Å². The second kappa shape index (κ2) is 6.94. The van der Waals surface area contributed by atoms with Crippen LogP contribution in [-0.4, -0.2) is 29.7 Å². The van der Waals surface area contributed by atoms with Crippen molar-refractivity contribution < 1.29 is 4.79 Å². The van der Waals surface area contributed by atoms with Crippen LogP contribution in [0.25, 0.3) is 27.9 Å². The van der Waals surface area contributed by atoms with E-state index >= 15 is 0 Å². The van der Waals surface area contributed by atoms with Gasteiger partial charge in [0.1, 0.15) is 0 Å². The summed E-state index contributed by atoms with van der Waals surface area (Å²) in [7, 11) is 4.02. The Morgan fingerprint density at radius 3 is 2.03 bits per heavy atom. The van der Waals surface area contributed by atoms with E-state index in [4.69, 9.17) is 0 Å². The van der Waals surface area contributed by atoms with Crippen LogP contribution in [0.1, 0.15) is 5.56 Å². The summed E-state index contributed by atoms with van der Waals surface area (Å²) in [5.74, 6) is -0.191. The van der Waals surface area contributed by atoms with E-state index in [0.29, 0.717) is 10.1 Å². The van der Waals surface area contributed by atoms with Gasteiger partial charge < -0.3 is 4.90 Å². The molecular weight excluding hydrogens is 378 g/mol. The molecule has 5 heteroatoms. The number of rotatable bonds is 2. The van der Waals surface area contributed by atoms with Crippen molar-refractivity contribution in [2.45, 2.75) is 0 Å². The maximum Gasteiger partial charge on any atom is 0.286 e. The molecule has 1 amide bonds. The number of aromatic nitrogens is 1. The minimum Gasteiger partial charge on any atom is -0.378 e. The third kappa shape index (κ3) is 3.04. The largest absolute Gasteiger partial charge is 0.378 e. The van der Waals surface area contributed by atoms with E-state index in [0.717, 1.165) is 33.1 Å². The molecule has 0 saturated heterocycles. The Morgan fingerprint density at radius 2 is 1.45 bits per heavy atom. The molecule has 0 unspecified atom stereocenters. The summed E-state index contributed by atoms with van der Waals surface area (Å²) in [6.07, 6.45) is 1.91. The van der Waals surface area contributed by atoms with Crippen LogP contribution in [0, 0.1) is 0 Å². The summed E-state index contributed by atoms with van der Waals surface area (Å²) in [6.45, 7) is 0. The van der Waals surface area contributed by atoms with Crippen LogP contribution in [0.15, 0.2) is 82.7 Å². The summed E-state index contributed by atoms with van der Waals surface area (Å²) in [6, 6.07) is 24.6. The number of para-hydroxylation sites is 2. The van der Waals surface area contributed by atoms with Crippen LogP contribution < -0.4 is 4.90 Å². The fourth-order valence-corrected chi connectivity index (χ4v) is 4.58. The third-order valence-corrected chi connectivity index (χ3v) is 6.06. The Hall–Kier alpha value is -3.31. The Bertz CT molecular complexity index is 1260. The zero-order valence-corrected chi connectivity index (χ0v) is 17.0. The molecule has 0 N–H and O–H groups in total. The normalized spacial score (nSPS) is 15.4. The molecular formula is C24H19N3OS. The minimum atomic E-state index is -0.191. The average Bonchev–Trinajstić information content (AvgIpc) is 3.26. The molecule has 0 atom stereocenters. The van der Waals surface area contributed by atoms with Gasteiger partial charge in [0.2, 0.25) is 0 Å². The number of aliphatic imine (C=N–C) groups is 1. The van der Waals surface area contributed by atoms with Crippen LogP contribution in [0.3, 0.4) is 0 Å². The Kier molecular flexibility index (Phi) is 4.25. The summed E-state index contributed by atoms with van der Waals surface area (Å²) >= 11 is 1.43. The number of fused-ring (bicyclic) bond motifs is 3. The lowest BCUT2D eigenvalue weighted by molar-refractivity contribution is -0.113. The highest BCUT2D eigenvalue weighted by Gasteiger charge is 2.25. The van der Waals surface area contributed by atoms with Crippen LogP contribution in [0.2, 0.25) is 0 Å². The quantitative estimate of drug-likeness (QED) is 0.426. The van der Waals surface area contributed by atoms with Crippen molar-refractivity contribution in [3.63, 3.8) is 0 Å². The van der Waals surface area contributed by atoms with E-state index in [9.17, 15) is 4.79 Å². The number of thioether (sulfide) groups is 1. The SMILES string of the molecule is CN(C)c1ccc(/C=C2/SC(n3c4ccccc4c4ccccc43)=NC2=O)cc1. The Labute approximate surface area is 173 Å². The number of amides is 1. The molecule has 0 fully saturated rings. The second-order valence-corrected chi connectivity index (χ2v) is 8.17. The molecule has 5 rings (SSSR count). The average molecular weight is 398 g/mol. The molecule has 0 aliphatic carbocycles. The first-order valence-electron chi connectivity index (χ1n) is 9.40. The highest BCUT2D eigenvalue weighted by atomic mass is 32.2. The predicted octanol–water partition coefficient (Wildman–Crippen LogP) is 5.38. The lowest BCUT2D eigenvalue weighted by Crippen LogP contribution is -2.07. The molecule has 1 aliphatic rings. The van der Waals surface area contributed by atoms with E-state index in [-0.39, 0.29) is 5.91 Å². The number of carbonyl (C=O) groups excluding carboxylic acids is 1. The van der Waals surface area contributed by atoms with Gasteiger partial charge in [-0.05, 0) is 47.7 Å². The molecule has 2 heterocycles. The van der Waals surface area contributed by atoms with E-state index in [1.54, 1.807) is 0 Å². The van der Waals surface area contributed by atoms with Crippen molar-refractivity contribution in [1.29, 1.82) is 0 Å². The van der Waals surface area contributed by atoms with Crippen LogP contribution >= 0.6 is 11.8 Å². The minimum absolute atomic E-state index is 0.191. The number of carbonyl (C=O) groups is 1. The molecule has 142 valence electrons. The van der Waals surface area contributed by atoms with Gasteiger partial charge >= 0.3 is 0 Å². The Balaban J connectivity index is 1.56. The summed E-state index contributed by atoms with van der Waals surface area (Å²) in [5.41, 5.74) is 4.23. The highest BCUT2D eigenvalue weighted by molar-refractivity contribution is 8.18. The molecule has 0 radical (unpaired) electrons. The van der Waals surface area contributed by atoms with Crippen LogP contribution in [0.4, 0.5) is 5.69 Å². The first-order chi connectivity index (χ1) is 14.1. The van der Waals surface area contributed by atoms with Crippen LogP contribution in [-0.2, 0) is 4.79 Å². The van der Waals surface area contributed by atoms with Gasteiger partial charge in [-0.15, -0.1) is 0 Å². The lowest BCUT2D eigenvalue weighted by Gasteiger charge is -2.11. The van der Waals surface area contributed by atoms with Gasteiger partial charge in [0.05, 0.1) is 15.9 Å². The Morgan fingerprint density at radius 1 is 0.862 bits per heavy atom. The van der Waals surface area contributed by atoms with Crippen molar-refractivity contribution in [2.75, 3.05) is 19.0 Å². The summed E-state index contributed by atoms with van der Waals surface area (Å²) in [5, 5.41) is 3.02. The monoisotopic (exact) mass is 397 g/mol. The molecule has 1 aromatic heterocycles. The van der Waals surface area contributed by atoms with Crippen molar-refractivity contribution in [1.82, 2.24) is 4.57 Å². The topological polar surface area (TPSA) is 37.6 Å². The molecule has 1 aliphatic heterocycles. The lowest BCUT2D eigenvalue weighted by atomic mass is 10.2. The van der Waals surface area contributed by atoms with E-state index in [1.807, 2.05) is 68.7 Å². The summed E-state index contributed by atoms with van der Waals surface area (Å²) in [4.78, 5) is 19.7. The molecule has 4 aromatic rings. The van der Waals surface area contributed by atoms with Gasteiger partial charge in [-0.2, -0.15) is 4.99 Å². The first kappa shape index (κ1) is 17.8. The first-order valence-corrected chi connectivity index (χ1v) is 10.2.